The van der Waals surface area contributed by atoms with Crippen molar-refractivity contribution in [1.82, 2.24) is 19.3 Å². The van der Waals surface area contributed by atoms with Gasteiger partial charge in [-0.15, -0.1) is 0 Å². The van der Waals surface area contributed by atoms with Gasteiger partial charge in [-0.1, -0.05) is 36.7 Å². The predicted octanol–water partition coefficient (Wildman–Crippen LogP) is 2.71. The van der Waals surface area contributed by atoms with Crippen LogP contribution in [0.15, 0.2) is 42.6 Å². The Morgan fingerprint density at radius 1 is 1.04 bits per heavy atom. The van der Waals surface area contributed by atoms with Gasteiger partial charge in [-0.2, -0.15) is 0 Å². The molecule has 0 spiro atoms. The molecule has 2 aliphatic heterocycles. The summed E-state index contributed by atoms with van der Waals surface area (Å²) in [5.74, 6) is 0.225. The van der Waals surface area contributed by atoms with Gasteiger partial charge in [-0.05, 0) is 30.3 Å². The van der Waals surface area contributed by atoms with Gasteiger partial charge in [0.05, 0.1) is 12.6 Å². The zero-order valence-corrected chi connectivity index (χ0v) is 16.6. The molecule has 0 N–H and O–H groups in total. The van der Waals surface area contributed by atoms with Crippen LogP contribution in [0.25, 0.3) is 0 Å². The summed E-state index contributed by atoms with van der Waals surface area (Å²) >= 11 is 6.54. The number of benzene rings is 1. The molecule has 0 saturated carbocycles. The summed E-state index contributed by atoms with van der Waals surface area (Å²) in [4.78, 5) is 19.7. The van der Waals surface area contributed by atoms with Crippen molar-refractivity contribution in [2.45, 2.75) is 19.5 Å². The number of aromatic nitrogens is 1. The summed E-state index contributed by atoms with van der Waals surface area (Å²) in [6.45, 7) is 9.01. The van der Waals surface area contributed by atoms with Crippen molar-refractivity contribution in [2.24, 2.45) is 0 Å². The van der Waals surface area contributed by atoms with E-state index in [1.807, 2.05) is 23.1 Å². The number of likely N-dealkylation sites (N-methyl/N-ethyl adjacent to an activating group) is 1. The Morgan fingerprint density at radius 2 is 1.81 bits per heavy atom. The number of hydrogen-bond donors (Lipinski definition) is 0. The molecule has 1 aromatic heterocycles. The maximum absolute atomic E-state index is 13.0. The Hall–Kier alpha value is -1.82. The van der Waals surface area contributed by atoms with Crippen LogP contribution in [0.1, 0.15) is 24.2 Å². The number of carbonyl (C=O) groups excluding carboxylic acids is 1. The second kappa shape index (κ2) is 8.05. The van der Waals surface area contributed by atoms with Gasteiger partial charge in [0.2, 0.25) is 5.91 Å². The molecule has 2 aromatic rings. The molecule has 0 radical (unpaired) electrons. The molecule has 144 valence electrons. The van der Waals surface area contributed by atoms with Crippen molar-refractivity contribution in [3.63, 3.8) is 0 Å². The zero-order valence-electron chi connectivity index (χ0n) is 15.9. The first-order chi connectivity index (χ1) is 13.2. The van der Waals surface area contributed by atoms with Gasteiger partial charge in [-0.25, -0.2) is 0 Å². The van der Waals surface area contributed by atoms with Crippen LogP contribution in [0.5, 0.6) is 0 Å². The largest absolute Gasteiger partial charge is 0.348 e. The molecule has 3 heterocycles. The molecule has 4 rings (SSSR count). The lowest BCUT2D eigenvalue weighted by Gasteiger charge is -2.39. The predicted molar refractivity (Wildman–Crippen MR) is 108 cm³/mol. The molecule has 1 amide bonds. The Balaban J connectivity index is 1.54. The molecule has 0 bridgehead atoms. The summed E-state index contributed by atoms with van der Waals surface area (Å²) < 4.78 is 2.27. The Bertz CT molecular complexity index is 797. The van der Waals surface area contributed by atoms with Gasteiger partial charge in [0, 0.05) is 56.2 Å². The van der Waals surface area contributed by atoms with E-state index in [4.69, 9.17) is 11.6 Å². The van der Waals surface area contributed by atoms with E-state index in [2.05, 4.69) is 45.7 Å². The smallest absolute Gasteiger partial charge is 0.236 e. The molecule has 0 aliphatic carbocycles. The lowest BCUT2D eigenvalue weighted by molar-refractivity contribution is -0.134. The summed E-state index contributed by atoms with van der Waals surface area (Å²) in [5.41, 5.74) is 2.28. The molecule has 1 unspecified atom stereocenters. The van der Waals surface area contributed by atoms with Gasteiger partial charge < -0.3 is 14.4 Å². The van der Waals surface area contributed by atoms with E-state index in [0.717, 1.165) is 56.4 Å². The fourth-order valence-corrected chi connectivity index (χ4v) is 4.48. The van der Waals surface area contributed by atoms with E-state index in [0.29, 0.717) is 6.54 Å². The van der Waals surface area contributed by atoms with Crippen molar-refractivity contribution >= 4 is 17.5 Å². The minimum absolute atomic E-state index is 0.0170. The number of piperazine rings is 1. The van der Waals surface area contributed by atoms with Gasteiger partial charge >= 0.3 is 0 Å². The topological polar surface area (TPSA) is 31.7 Å². The second-order valence-corrected chi connectivity index (χ2v) is 7.74. The Kier molecular flexibility index (Phi) is 5.53. The average Bonchev–Trinajstić information content (AvgIpc) is 3.17. The molecular weight excluding hydrogens is 360 g/mol. The number of halogens is 1. The maximum Gasteiger partial charge on any atom is 0.236 e. The number of hydrogen-bond acceptors (Lipinski definition) is 3. The van der Waals surface area contributed by atoms with Crippen molar-refractivity contribution in [1.29, 1.82) is 0 Å². The molecule has 1 fully saturated rings. The number of nitrogens with zero attached hydrogens (tertiary/aromatic N) is 4. The van der Waals surface area contributed by atoms with Gasteiger partial charge in [0.1, 0.15) is 0 Å². The second-order valence-electron chi connectivity index (χ2n) is 7.34. The monoisotopic (exact) mass is 386 g/mol. The first-order valence-corrected chi connectivity index (χ1v) is 10.2. The number of carbonyl (C=O) groups is 1. The standard InChI is InChI=1S/C21H27ClN4O/c1-2-23-10-12-25(13-11-23)20(27)16-26-15-14-24-9-5-8-19(24)21(26)17-6-3-4-7-18(17)22/h3-9,21H,2,10-16H2,1H3. The number of rotatable bonds is 4. The molecule has 27 heavy (non-hydrogen) atoms. The first-order valence-electron chi connectivity index (χ1n) is 9.81. The van der Waals surface area contributed by atoms with Crippen molar-refractivity contribution < 1.29 is 4.79 Å². The highest BCUT2D eigenvalue weighted by Gasteiger charge is 2.32. The van der Waals surface area contributed by atoms with E-state index in [9.17, 15) is 4.79 Å². The number of amides is 1. The molecule has 1 saturated heterocycles. The van der Waals surface area contributed by atoms with E-state index in [1.165, 1.54) is 5.69 Å². The van der Waals surface area contributed by atoms with Crippen LogP contribution in [0, 0.1) is 0 Å². The SMILES string of the molecule is CCN1CCN(C(=O)CN2CCn3cccc3C2c2ccccc2Cl)CC1. The molecule has 5 nitrogen and oxygen atoms in total. The highest BCUT2D eigenvalue weighted by molar-refractivity contribution is 6.31. The van der Waals surface area contributed by atoms with Crippen LogP contribution in [0.2, 0.25) is 5.02 Å². The zero-order chi connectivity index (χ0) is 18.8. The van der Waals surface area contributed by atoms with Crippen LogP contribution in [-0.2, 0) is 11.3 Å². The highest BCUT2D eigenvalue weighted by atomic mass is 35.5. The van der Waals surface area contributed by atoms with Gasteiger partial charge in [0.25, 0.3) is 0 Å². The highest BCUT2D eigenvalue weighted by Crippen LogP contribution is 2.35. The van der Waals surface area contributed by atoms with E-state index < -0.39 is 0 Å². The lowest BCUT2D eigenvalue weighted by Crippen LogP contribution is -2.52. The van der Waals surface area contributed by atoms with E-state index in [1.54, 1.807) is 0 Å². The Morgan fingerprint density at radius 3 is 2.56 bits per heavy atom. The third-order valence-corrected chi connectivity index (χ3v) is 6.19. The molecule has 2 aliphatic rings. The van der Waals surface area contributed by atoms with Gasteiger partial charge in [0.15, 0.2) is 0 Å². The maximum atomic E-state index is 13.0. The van der Waals surface area contributed by atoms with Crippen molar-refractivity contribution in [2.75, 3.05) is 45.8 Å². The number of fused-ring (bicyclic) bond motifs is 1. The minimum Gasteiger partial charge on any atom is -0.348 e. The van der Waals surface area contributed by atoms with Gasteiger partial charge in [-0.3, -0.25) is 9.69 Å². The van der Waals surface area contributed by atoms with E-state index in [-0.39, 0.29) is 11.9 Å². The third kappa shape index (κ3) is 3.77. The van der Waals surface area contributed by atoms with Crippen molar-refractivity contribution in [3.8, 4) is 0 Å². The molecular formula is C21H27ClN4O. The molecule has 1 aromatic carbocycles. The van der Waals surface area contributed by atoms with Crippen LogP contribution in [-0.4, -0.2) is 71.0 Å². The summed E-state index contributed by atoms with van der Waals surface area (Å²) in [5, 5.41) is 0.756. The fraction of sp³-hybridized carbons (Fsp3) is 0.476. The summed E-state index contributed by atoms with van der Waals surface area (Å²) in [6, 6.07) is 12.2. The first kappa shape index (κ1) is 18.5. The van der Waals surface area contributed by atoms with Crippen LogP contribution >= 0.6 is 11.6 Å². The lowest BCUT2D eigenvalue weighted by atomic mass is 9.99. The summed E-state index contributed by atoms with van der Waals surface area (Å²) in [6.07, 6.45) is 2.11. The van der Waals surface area contributed by atoms with Crippen LogP contribution < -0.4 is 0 Å². The summed E-state index contributed by atoms with van der Waals surface area (Å²) in [7, 11) is 0. The third-order valence-electron chi connectivity index (χ3n) is 5.85. The average molecular weight is 387 g/mol. The minimum atomic E-state index is 0.0170. The molecule has 1 atom stereocenters. The van der Waals surface area contributed by atoms with E-state index >= 15 is 0 Å². The fourth-order valence-electron chi connectivity index (χ4n) is 4.24. The van der Waals surface area contributed by atoms with Crippen LogP contribution in [0.3, 0.4) is 0 Å². The van der Waals surface area contributed by atoms with Crippen LogP contribution in [0.4, 0.5) is 0 Å². The quantitative estimate of drug-likeness (QED) is 0.809. The Labute approximate surface area is 166 Å². The normalized spacial score (nSPS) is 21.3. The van der Waals surface area contributed by atoms with Crippen molar-refractivity contribution in [3.05, 3.63) is 58.9 Å². The molecule has 6 heteroatoms.